The highest BCUT2D eigenvalue weighted by molar-refractivity contribution is 7.89. The molecule has 0 saturated carbocycles. The quantitative estimate of drug-likeness (QED) is 0.168. The van der Waals surface area contributed by atoms with E-state index in [1.54, 1.807) is 0 Å². The lowest BCUT2D eigenvalue weighted by Crippen LogP contribution is -2.53. The number of anilines is 3. The molecular formula is C48H48NO3P3. The van der Waals surface area contributed by atoms with Crippen molar-refractivity contribution in [1.29, 1.82) is 0 Å². The van der Waals surface area contributed by atoms with E-state index in [9.17, 15) is 0 Å². The molecule has 0 radical (unpaired) electrons. The van der Waals surface area contributed by atoms with E-state index in [0.29, 0.717) is 64.8 Å². The van der Waals surface area contributed by atoms with Gasteiger partial charge in [-0.2, -0.15) is 0 Å². The maximum atomic E-state index is 17.0. The van der Waals surface area contributed by atoms with Crippen molar-refractivity contribution in [2.75, 3.05) is 4.90 Å². The molecule has 0 bridgehead atoms. The molecule has 0 N–H and O–H groups in total. The highest BCUT2D eigenvalue weighted by Crippen LogP contribution is 2.66. The number of rotatable bonds is 3. The lowest BCUT2D eigenvalue weighted by molar-refractivity contribution is 0.586. The highest BCUT2D eigenvalue weighted by atomic mass is 31.2. The molecule has 0 fully saturated rings. The SMILES string of the molecule is CC(C)(C)c1cc2c3c(c1)P(=O)(c1ccccc1)c1cc(C(C)(C)C)cc4c1N3c1c(cc(C(C)(C)C)cc1P4(=O)c1ccccc1)P2(=O)c1ccccc1. The van der Waals surface area contributed by atoms with Gasteiger partial charge in [0.25, 0.3) is 0 Å². The zero-order valence-corrected chi connectivity index (χ0v) is 35.8. The third-order valence-corrected chi connectivity index (χ3v) is 21.1. The van der Waals surface area contributed by atoms with E-state index in [-0.39, 0.29) is 16.2 Å². The third kappa shape index (κ3) is 4.94. The Morgan fingerprint density at radius 2 is 0.545 bits per heavy atom. The number of nitrogens with zero attached hydrogens (tertiary/aromatic N) is 1. The molecule has 0 aromatic heterocycles. The minimum atomic E-state index is -3.71. The van der Waals surface area contributed by atoms with Gasteiger partial charge in [0, 0.05) is 47.7 Å². The monoisotopic (exact) mass is 779 g/mol. The average molecular weight is 780 g/mol. The number of benzene rings is 6. The van der Waals surface area contributed by atoms with Crippen LogP contribution in [0.2, 0.25) is 0 Å². The normalized spacial score (nSPS) is 22.3. The van der Waals surface area contributed by atoms with Crippen LogP contribution in [0.15, 0.2) is 127 Å². The molecule has 0 saturated heterocycles. The summed E-state index contributed by atoms with van der Waals surface area (Å²) in [6.07, 6.45) is 0. The van der Waals surface area contributed by atoms with Crippen molar-refractivity contribution >= 4 is 86.2 Å². The Hall–Kier alpha value is -4.19. The van der Waals surface area contributed by atoms with E-state index in [2.05, 4.69) is 104 Å². The molecule has 0 atom stereocenters. The van der Waals surface area contributed by atoms with Crippen LogP contribution in [-0.4, -0.2) is 0 Å². The molecule has 0 amide bonds. The lowest BCUT2D eigenvalue weighted by Gasteiger charge is -2.50. The first-order valence-corrected chi connectivity index (χ1v) is 24.3. The van der Waals surface area contributed by atoms with Crippen molar-refractivity contribution in [3.05, 3.63) is 144 Å². The average Bonchev–Trinajstić information content (AvgIpc) is 3.16. The molecule has 3 heterocycles. The van der Waals surface area contributed by atoms with Gasteiger partial charge in [-0.25, -0.2) is 0 Å². The molecule has 9 rings (SSSR count). The summed E-state index contributed by atoms with van der Waals surface area (Å²) in [5.74, 6) is 0. The van der Waals surface area contributed by atoms with E-state index in [0.717, 1.165) is 16.7 Å². The topological polar surface area (TPSA) is 54.5 Å². The molecule has 0 spiro atoms. The molecule has 3 aliphatic heterocycles. The van der Waals surface area contributed by atoms with Crippen molar-refractivity contribution in [1.82, 2.24) is 0 Å². The fourth-order valence-corrected chi connectivity index (χ4v) is 18.2. The Kier molecular flexibility index (Phi) is 7.74. The van der Waals surface area contributed by atoms with E-state index < -0.39 is 21.4 Å². The van der Waals surface area contributed by atoms with Crippen LogP contribution in [0.3, 0.4) is 0 Å². The molecule has 0 unspecified atom stereocenters. The first-order valence-electron chi connectivity index (χ1n) is 19.2. The lowest BCUT2D eigenvalue weighted by atomic mass is 9.86. The van der Waals surface area contributed by atoms with E-state index >= 15 is 13.7 Å². The maximum absolute atomic E-state index is 17.0. The van der Waals surface area contributed by atoms with Gasteiger partial charge in [0.1, 0.15) is 0 Å². The number of hydrogen-bond donors (Lipinski definition) is 0. The Labute approximate surface area is 326 Å². The van der Waals surface area contributed by atoms with Gasteiger partial charge in [-0.1, -0.05) is 153 Å². The second kappa shape index (κ2) is 11.7. The van der Waals surface area contributed by atoms with Crippen molar-refractivity contribution < 1.29 is 13.7 Å². The second-order valence-corrected chi connectivity index (χ2v) is 26.6. The van der Waals surface area contributed by atoms with Crippen molar-refractivity contribution in [3.63, 3.8) is 0 Å². The molecule has 0 aliphatic carbocycles. The summed E-state index contributed by atoms with van der Waals surface area (Å²) in [6, 6.07) is 42.2. The van der Waals surface area contributed by atoms with Gasteiger partial charge in [-0.3, -0.25) is 0 Å². The van der Waals surface area contributed by atoms with E-state index in [1.165, 1.54) is 0 Å². The molecule has 6 aromatic carbocycles. The van der Waals surface area contributed by atoms with Gasteiger partial charge in [0.2, 0.25) is 0 Å². The van der Waals surface area contributed by atoms with Crippen molar-refractivity contribution in [2.24, 2.45) is 0 Å². The molecule has 278 valence electrons. The minimum absolute atomic E-state index is 0.350. The third-order valence-electron chi connectivity index (χ3n) is 11.9. The van der Waals surface area contributed by atoms with Gasteiger partial charge in [0.15, 0.2) is 21.4 Å². The molecule has 4 nitrogen and oxygen atoms in total. The van der Waals surface area contributed by atoms with Crippen LogP contribution < -0.4 is 52.6 Å². The standard InChI is InChI=1S/C48H48NO3P3/c1-46(2,3)31-25-37-43-38(26-31)54(51,35-21-15-11-16-22-35)40-28-33(48(7,8)9)30-42-45(40)49(43)44-39(53(37,50)34-19-13-10-14-20-34)27-32(47(4,5)6)29-41(44)55(42,52)36-23-17-12-18-24-36/h10-30H,1-9H3. The largest absolute Gasteiger partial charge is 0.308 e. The summed E-state index contributed by atoms with van der Waals surface area (Å²) in [6.45, 7) is 19.5. The van der Waals surface area contributed by atoms with E-state index in [4.69, 9.17) is 0 Å². The predicted octanol–water partition coefficient (Wildman–Crippen LogP) is 8.91. The molecule has 3 aliphatic rings. The smallest absolute Gasteiger partial charge is 0.175 e. The first kappa shape index (κ1) is 36.4. The van der Waals surface area contributed by atoms with Gasteiger partial charge in [-0.15, -0.1) is 0 Å². The van der Waals surface area contributed by atoms with Gasteiger partial charge in [-0.05, 0) is 69.3 Å². The van der Waals surface area contributed by atoms with Crippen LogP contribution in [0.4, 0.5) is 17.1 Å². The summed E-state index contributed by atoms with van der Waals surface area (Å²) >= 11 is 0. The van der Waals surface area contributed by atoms with Crippen LogP contribution in [0.1, 0.15) is 79.0 Å². The summed E-state index contributed by atoms with van der Waals surface area (Å²) in [4.78, 5) is 2.24. The Bertz CT molecular complexity index is 2340. The first-order chi connectivity index (χ1) is 25.8. The van der Waals surface area contributed by atoms with Crippen LogP contribution in [0.5, 0.6) is 0 Å². The molecule has 6 aromatic rings. The predicted molar refractivity (Wildman–Crippen MR) is 236 cm³/mol. The Balaban J connectivity index is 1.61. The fourth-order valence-electron chi connectivity index (χ4n) is 8.71. The summed E-state index contributed by atoms with van der Waals surface area (Å²) in [7, 11) is -11.1. The van der Waals surface area contributed by atoms with Gasteiger partial charge >= 0.3 is 0 Å². The second-order valence-electron chi connectivity index (χ2n) is 18.5. The van der Waals surface area contributed by atoms with Gasteiger partial charge < -0.3 is 18.6 Å². The van der Waals surface area contributed by atoms with E-state index in [1.807, 2.05) is 91.0 Å². The minimum Gasteiger partial charge on any atom is -0.308 e. The zero-order valence-electron chi connectivity index (χ0n) is 33.1. The molecular weight excluding hydrogens is 731 g/mol. The van der Waals surface area contributed by atoms with Gasteiger partial charge in [0.05, 0.1) is 17.1 Å². The van der Waals surface area contributed by atoms with Crippen molar-refractivity contribution in [2.45, 2.75) is 78.6 Å². The Morgan fingerprint density at radius 1 is 0.345 bits per heavy atom. The van der Waals surface area contributed by atoms with Crippen LogP contribution in [0, 0.1) is 0 Å². The van der Waals surface area contributed by atoms with Crippen LogP contribution in [-0.2, 0) is 29.9 Å². The number of hydrogen-bond acceptors (Lipinski definition) is 4. The van der Waals surface area contributed by atoms with Crippen molar-refractivity contribution in [3.8, 4) is 0 Å². The zero-order chi connectivity index (χ0) is 39.1. The molecule has 7 heteroatoms. The van der Waals surface area contributed by atoms with Crippen LogP contribution >= 0.6 is 21.4 Å². The summed E-state index contributed by atoms with van der Waals surface area (Å²) in [5.41, 5.74) is 4.01. The summed E-state index contributed by atoms with van der Waals surface area (Å²) < 4.78 is 51.1. The molecule has 55 heavy (non-hydrogen) atoms. The Morgan fingerprint density at radius 3 is 0.727 bits per heavy atom. The summed E-state index contributed by atoms with van der Waals surface area (Å²) in [5, 5.41) is 6.26. The maximum Gasteiger partial charge on any atom is 0.175 e. The van der Waals surface area contributed by atoms with Crippen LogP contribution in [0.25, 0.3) is 0 Å². The highest BCUT2D eigenvalue weighted by Gasteiger charge is 2.57. The fraction of sp³-hybridized carbons (Fsp3) is 0.250.